The van der Waals surface area contributed by atoms with E-state index in [0.29, 0.717) is 22.3 Å². The Kier molecular flexibility index (Phi) is 8.78. The second-order valence-electron chi connectivity index (χ2n) is 4.69. The maximum absolute atomic E-state index is 9.91. The lowest BCUT2D eigenvalue weighted by Crippen LogP contribution is -2.42. The van der Waals surface area contributed by atoms with Crippen molar-refractivity contribution in [2.75, 3.05) is 26.0 Å². The van der Waals surface area contributed by atoms with Gasteiger partial charge in [-0.2, -0.15) is 11.8 Å². The van der Waals surface area contributed by atoms with E-state index in [4.69, 9.17) is 27.9 Å². The molecule has 0 fully saturated rings. The molecule has 1 rings (SSSR count). The van der Waals surface area contributed by atoms with Gasteiger partial charge in [0.25, 0.3) is 0 Å². The number of rotatable bonds is 9. The SMILES string of the molecule is CSC(CO)C(C)NCC(O)COc1ccc(Cl)cc1Cl. The van der Waals surface area contributed by atoms with Crippen LogP contribution in [0.1, 0.15) is 6.92 Å². The number of aliphatic hydroxyl groups is 2. The Morgan fingerprint density at radius 2 is 2.10 bits per heavy atom. The summed E-state index contributed by atoms with van der Waals surface area (Å²) in [6, 6.07) is 5.04. The molecule has 0 aliphatic carbocycles. The van der Waals surface area contributed by atoms with Gasteiger partial charge in [0.15, 0.2) is 0 Å². The summed E-state index contributed by atoms with van der Waals surface area (Å²) in [6.07, 6.45) is 1.28. The van der Waals surface area contributed by atoms with Gasteiger partial charge in [0.1, 0.15) is 18.5 Å². The Balaban J connectivity index is 2.35. The summed E-state index contributed by atoms with van der Waals surface area (Å²) >= 11 is 13.4. The topological polar surface area (TPSA) is 61.7 Å². The molecule has 3 unspecified atom stereocenters. The number of ether oxygens (including phenoxy) is 1. The standard InChI is InChI=1S/C14H21Cl2NO3S/c1-9(14(7-18)21-2)17-6-11(19)8-20-13-4-3-10(15)5-12(13)16/h3-5,9,11,14,17-19H,6-8H2,1-2H3. The Hall–Kier alpha value is -0.170. The summed E-state index contributed by atoms with van der Waals surface area (Å²) in [5.74, 6) is 0.491. The zero-order valence-electron chi connectivity index (χ0n) is 12.1. The summed E-state index contributed by atoms with van der Waals surface area (Å²) < 4.78 is 5.46. The fraction of sp³-hybridized carbons (Fsp3) is 0.571. The molecule has 3 atom stereocenters. The molecule has 1 aromatic rings. The zero-order valence-corrected chi connectivity index (χ0v) is 14.4. The van der Waals surface area contributed by atoms with E-state index in [9.17, 15) is 10.2 Å². The number of halogens is 2. The van der Waals surface area contributed by atoms with E-state index in [0.717, 1.165) is 0 Å². The summed E-state index contributed by atoms with van der Waals surface area (Å²) in [7, 11) is 0. The van der Waals surface area contributed by atoms with Gasteiger partial charge in [0, 0.05) is 22.9 Å². The average Bonchev–Trinajstić information content (AvgIpc) is 2.45. The van der Waals surface area contributed by atoms with Crippen LogP contribution in [0.2, 0.25) is 10.0 Å². The van der Waals surface area contributed by atoms with Crippen LogP contribution >= 0.6 is 35.0 Å². The van der Waals surface area contributed by atoms with Crippen molar-refractivity contribution in [2.45, 2.75) is 24.3 Å². The first-order valence-corrected chi connectivity index (χ1v) is 8.65. The molecule has 0 aromatic heterocycles. The van der Waals surface area contributed by atoms with Gasteiger partial charge in [0.2, 0.25) is 0 Å². The highest BCUT2D eigenvalue weighted by atomic mass is 35.5. The fourth-order valence-corrected chi connectivity index (χ4v) is 2.84. The van der Waals surface area contributed by atoms with Crippen LogP contribution in [0.3, 0.4) is 0 Å². The summed E-state index contributed by atoms with van der Waals surface area (Å²) in [5, 5.41) is 23.3. The number of benzene rings is 1. The number of aliphatic hydroxyl groups excluding tert-OH is 2. The van der Waals surface area contributed by atoms with E-state index in [1.165, 1.54) is 0 Å². The van der Waals surface area contributed by atoms with Gasteiger partial charge in [-0.1, -0.05) is 23.2 Å². The first-order valence-electron chi connectivity index (χ1n) is 6.60. The van der Waals surface area contributed by atoms with E-state index < -0.39 is 6.10 Å². The molecule has 7 heteroatoms. The third kappa shape index (κ3) is 6.63. The molecule has 0 spiro atoms. The van der Waals surface area contributed by atoms with E-state index >= 15 is 0 Å². The lowest BCUT2D eigenvalue weighted by molar-refractivity contribution is 0.103. The molecule has 0 amide bonds. The van der Waals surface area contributed by atoms with Crippen molar-refractivity contribution in [1.82, 2.24) is 5.32 Å². The molecule has 21 heavy (non-hydrogen) atoms. The molecular weight excluding hydrogens is 333 g/mol. The molecule has 0 aliphatic rings. The first-order chi connectivity index (χ1) is 9.97. The minimum Gasteiger partial charge on any atom is -0.489 e. The van der Waals surface area contributed by atoms with Crippen LogP contribution in [0, 0.1) is 0 Å². The maximum Gasteiger partial charge on any atom is 0.138 e. The van der Waals surface area contributed by atoms with Crippen molar-refractivity contribution in [2.24, 2.45) is 0 Å². The van der Waals surface area contributed by atoms with Gasteiger partial charge < -0.3 is 20.3 Å². The Labute approximate surface area is 139 Å². The molecule has 0 bridgehead atoms. The van der Waals surface area contributed by atoms with Crippen LogP contribution in [0.15, 0.2) is 18.2 Å². The third-order valence-corrected chi connectivity index (χ3v) is 4.73. The normalized spacial score (nSPS) is 15.5. The van der Waals surface area contributed by atoms with Crippen LogP contribution in [0.25, 0.3) is 0 Å². The number of hydrogen-bond acceptors (Lipinski definition) is 5. The van der Waals surface area contributed by atoms with Gasteiger partial charge in [-0.05, 0) is 31.4 Å². The Morgan fingerprint density at radius 1 is 1.38 bits per heavy atom. The Bertz CT molecular complexity index is 433. The molecule has 0 heterocycles. The van der Waals surface area contributed by atoms with Crippen molar-refractivity contribution < 1.29 is 14.9 Å². The zero-order chi connectivity index (χ0) is 15.8. The summed E-state index contributed by atoms with van der Waals surface area (Å²) in [4.78, 5) is 0. The molecule has 3 N–H and O–H groups in total. The fourth-order valence-electron chi connectivity index (χ4n) is 1.73. The highest BCUT2D eigenvalue weighted by molar-refractivity contribution is 7.99. The van der Waals surface area contributed by atoms with E-state index in [2.05, 4.69) is 5.32 Å². The predicted molar refractivity (Wildman–Crippen MR) is 89.8 cm³/mol. The minimum atomic E-state index is -0.666. The second-order valence-corrected chi connectivity index (χ2v) is 6.61. The van der Waals surface area contributed by atoms with Crippen LogP contribution < -0.4 is 10.1 Å². The highest BCUT2D eigenvalue weighted by Crippen LogP contribution is 2.27. The van der Waals surface area contributed by atoms with Gasteiger partial charge in [-0.15, -0.1) is 0 Å². The molecule has 1 aromatic carbocycles. The smallest absolute Gasteiger partial charge is 0.138 e. The molecule has 4 nitrogen and oxygen atoms in total. The number of thioether (sulfide) groups is 1. The molecule has 0 aliphatic heterocycles. The van der Waals surface area contributed by atoms with Gasteiger partial charge >= 0.3 is 0 Å². The molecule has 0 radical (unpaired) electrons. The van der Waals surface area contributed by atoms with Crippen molar-refractivity contribution in [3.63, 3.8) is 0 Å². The number of nitrogens with one attached hydrogen (secondary N) is 1. The van der Waals surface area contributed by atoms with Crippen LogP contribution in [-0.4, -0.2) is 53.6 Å². The minimum absolute atomic E-state index is 0.0961. The van der Waals surface area contributed by atoms with Crippen LogP contribution in [0.4, 0.5) is 0 Å². The summed E-state index contributed by atoms with van der Waals surface area (Å²) in [5.41, 5.74) is 0. The third-order valence-electron chi connectivity index (χ3n) is 3.04. The van der Waals surface area contributed by atoms with Crippen molar-refractivity contribution in [3.8, 4) is 5.75 Å². The second kappa shape index (κ2) is 9.77. The molecular formula is C14H21Cl2NO3S. The molecule has 0 saturated heterocycles. The lowest BCUT2D eigenvalue weighted by atomic mass is 10.2. The quantitative estimate of drug-likeness (QED) is 0.636. The van der Waals surface area contributed by atoms with E-state index in [1.54, 1.807) is 30.0 Å². The maximum atomic E-state index is 9.91. The Morgan fingerprint density at radius 3 is 2.67 bits per heavy atom. The van der Waals surface area contributed by atoms with Crippen LogP contribution in [-0.2, 0) is 0 Å². The van der Waals surface area contributed by atoms with Crippen molar-refractivity contribution in [3.05, 3.63) is 28.2 Å². The van der Waals surface area contributed by atoms with E-state index in [1.807, 2.05) is 13.2 Å². The number of hydrogen-bond donors (Lipinski definition) is 3. The monoisotopic (exact) mass is 353 g/mol. The van der Waals surface area contributed by atoms with Crippen molar-refractivity contribution >= 4 is 35.0 Å². The van der Waals surface area contributed by atoms with Crippen molar-refractivity contribution in [1.29, 1.82) is 0 Å². The highest BCUT2D eigenvalue weighted by Gasteiger charge is 2.16. The van der Waals surface area contributed by atoms with Gasteiger partial charge in [0.05, 0.1) is 11.6 Å². The van der Waals surface area contributed by atoms with Gasteiger partial charge in [-0.25, -0.2) is 0 Å². The largest absolute Gasteiger partial charge is 0.489 e. The first kappa shape index (κ1) is 18.9. The lowest BCUT2D eigenvalue weighted by Gasteiger charge is -2.23. The molecule has 0 saturated carbocycles. The summed E-state index contributed by atoms with van der Waals surface area (Å²) in [6.45, 7) is 2.58. The van der Waals surface area contributed by atoms with E-state index in [-0.39, 0.29) is 24.5 Å². The molecule has 120 valence electrons. The van der Waals surface area contributed by atoms with Gasteiger partial charge in [-0.3, -0.25) is 0 Å². The van der Waals surface area contributed by atoms with Crippen LogP contribution in [0.5, 0.6) is 5.75 Å². The average molecular weight is 354 g/mol. The predicted octanol–water partition coefficient (Wildman–Crippen LogP) is 2.44.